The third-order valence-electron chi connectivity index (χ3n) is 2.39. The molecule has 1 aliphatic heterocycles. The van der Waals surface area contributed by atoms with E-state index in [4.69, 9.17) is 17.3 Å². The van der Waals surface area contributed by atoms with Gasteiger partial charge in [0.15, 0.2) is 0 Å². The molecule has 0 aromatic carbocycles. The van der Waals surface area contributed by atoms with Crippen molar-refractivity contribution in [2.45, 2.75) is 31.5 Å². The van der Waals surface area contributed by atoms with Crippen molar-refractivity contribution in [1.82, 2.24) is 5.09 Å². The molecule has 86 valence electrons. The molecule has 15 heavy (non-hydrogen) atoms. The Morgan fingerprint density at radius 3 is 2.93 bits per heavy atom. The van der Waals surface area contributed by atoms with E-state index < -0.39 is 13.5 Å². The molecular formula is C8H16BNO4P-. The number of methoxy groups -OCH3 is 1. The van der Waals surface area contributed by atoms with E-state index in [-0.39, 0.29) is 18.3 Å². The minimum Gasteiger partial charge on any atom is -0.788 e. The summed E-state index contributed by atoms with van der Waals surface area (Å²) in [5, 5.41) is 2.59. The summed E-state index contributed by atoms with van der Waals surface area (Å²) in [4.78, 5) is 11.4. The molecule has 1 heterocycles. The molecule has 1 aliphatic rings. The molecule has 2 radical (unpaired) electrons. The van der Waals surface area contributed by atoms with Gasteiger partial charge >= 0.3 is 0 Å². The van der Waals surface area contributed by atoms with Crippen LogP contribution >= 0.6 is 7.52 Å². The Bertz CT molecular complexity index is 253. The fourth-order valence-corrected chi connectivity index (χ4v) is 2.54. The van der Waals surface area contributed by atoms with Crippen LogP contribution in [0.5, 0.6) is 0 Å². The quantitative estimate of drug-likeness (QED) is 0.508. The molecule has 0 bridgehead atoms. The Kier molecular flexibility index (Phi) is 4.80. The topological polar surface area (TPSA) is 70.6 Å². The number of nitrogens with one attached hydrogen (secondary N) is 1. The van der Waals surface area contributed by atoms with Crippen molar-refractivity contribution in [2.24, 2.45) is 0 Å². The lowest BCUT2D eigenvalue weighted by Gasteiger charge is -2.29. The summed E-state index contributed by atoms with van der Waals surface area (Å²) >= 11 is 0. The first-order valence-electron chi connectivity index (χ1n) is 4.96. The van der Waals surface area contributed by atoms with Crippen LogP contribution in [0.25, 0.3) is 0 Å². The molecule has 0 aliphatic carbocycles. The van der Waals surface area contributed by atoms with Crippen LogP contribution in [0, 0.1) is 0 Å². The molecule has 0 aromatic heterocycles. The molecule has 0 saturated carbocycles. The average Bonchev–Trinajstić information content (AvgIpc) is 2.47. The summed E-state index contributed by atoms with van der Waals surface area (Å²) in [5.74, 6) is 0. The van der Waals surface area contributed by atoms with Crippen LogP contribution < -0.4 is 9.98 Å². The lowest BCUT2D eigenvalue weighted by atomic mass is 9.95. The number of hydrogen-bond acceptors (Lipinski definition) is 4. The summed E-state index contributed by atoms with van der Waals surface area (Å²) in [5.41, 5.74) is 0. The van der Waals surface area contributed by atoms with Crippen LogP contribution in [0.15, 0.2) is 0 Å². The SMILES string of the molecule is [B][C@H]1C[C@@H](NP(=O)([O-])CC)[C@@H](COC)O1. The Hall–Kier alpha value is 0.135. The van der Waals surface area contributed by atoms with Crippen molar-refractivity contribution >= 4 is 15.4 Å². The van der Waals surface area contributed by atoms with E-state index in [9.17, 15) is 9.46 Å². The fourth-order valence-electron chi connectivity index (χ4n) is 1.58. The van der Waals surface area contributed by atoms with Gasteiger partial charge in [0.25, 0.3) is 0 Å². The van der Waals surface area contributed by atoms with Crippen molar-refractivity contribution in [3.63, 3.8) is 0 Å². The maximum absolute atomic E-state index is 11.4. The lowest BCUT2D eigenvalue weighted by Crippen LogP contribution is -2.39. The second kappa shape index (κ2) is 5.46. The predicted octanol–water partition coefficient (Wildman–Crippen LogP) is -0.552. The number of rotatable bonds is 5. The van der Waals surface area contributed by atoms with Crippen molar-refractivity contribution < 1.29 is 18.9 Å². The zero-order valence-corrected chi connectivity index (χ0v) is 9.91. The molecule has 4 atom stereocenters. The van der Waals surface area contributed by atoms with Gasteiger partial charge in [-0.25, -0.2) is 0 Å². The van der Waals surface area contributed by atoms with Crippen LogP contribution in [-0.4, -0.2) is 45.9 Å². The molecule has 1 fully saturated rings. The lowest BCUT2D eigenvalue weighted by molar-refractivity contribution is -0.179. The third-order valence-corrected chi connectivity index (χ3v) is 3.95. The summed E-state index contributed by atoms with van der Waals surface area (Å²) in [6.45, 7) is 1.94. The molecule has 0 spiro atoms. The molecule has 1 N–H and O–H groups in total. The third kappa shape index (κ3) is 3.89. The van der Waals surface area contributed by atoms with Gasteiger partial charge < -0.3 is 18.9 Å². The first-order valence-corrected chi connectivity index (χ1v) is 6.77. The predicted molar refractivity (Wildman–Crippen MR) is 56.0 cm³/mol. The van der Waals surface area contributed by atoms with Crippen molar-refractivity contribution in [1.29, 1.82) is 0 Å². The molecule has 1 unspecified atom stereocenters. The zero-order valence-electron chi connectivity index (χ0n) is 9.01. The van der Waals surface area contributed by atoms with E-state index >= 15 is 0 Å². The highest BCUT2D eigenvalue weighted by molar-refractivity contribution is 7.54. The van der Waals surface area contributed by atoms with E-state index in [0.717, 1.165) is 0 Å². The van der Waals surface area contributed by atoms with Crippen molar-refractivity contribution in [3.05, 3.63) is 0 Å². The molecule has 5 nitrogen and oxygen atoms in total. The molecule has 7 heteroatoms. The molecule has 1 rings (SSSR count). The minimum absolute atomic E-state index is 0.0818. The Balaban J connectivity index is 2.55. The van der Waals surface area contributed by atoms with Crippen LogP contribution in [-0.2, 0) is 14.0 Å². The Labute approximate surface area is 91.4 Å². The van der Waals surface area contributed by atoms with Crippen LogP contribution in [0.3, 0.4) is 0 Å². The monoisotopic (exact) mass is 232 g/mol. The van der Waals surface area contributed by atoms with Gasteiger partial charge in [-0.3, -0.25) is 5.09 Å². The van der Waals surface area contributed by atoms with E-state index in [0.29, 0.717) is 13.0 Å². The van der Waals surface area contributed by atoms with Gasteiger partial charge in [0, 0.05) is 19.2 Å². The van der Waals surface area contributed by atoms with Gasteiger partial charge in [0.1, 0.15) is 7.85 Å². The maximum Gasteiger partial charge on any atom is 0.109 e. The first kappa shape index (κ1) is 13.2. The van der Waals surface area contributed by atoms with Gasteiger partial charge in [-0.05, 0) is 12.6 Å². The summed E-state index contributed by atoms with van der Waals surface area (Å²) in [6.07, 6.45) is 0.275. The smallest absolute Gasteiger partial charge is 0.109 e. The maximum atomic E-state index is 11.4. The van der Waals surface area contributed by atoms with Crippen molar-refractivity contribution in [2.75, 3.05) is 19.9 Å². The Morgan fingerprint density at radius 1 is 1.73 bits per heavy atom. The van der Waals surface area contributed by atoms with Gasteiger partial charge in [-0.15, -0.1) is 0 Å². The highest BCUT2D eigenvalue weighted by Crippen LogP contribution is 2.33. The van der Waals surface area contributed by atoms with Crippen LogP contribution in [0.4, 0.5) is 0 Å². The van der Waals surface area contributed by atoms with E-state index in [1.54, 1.807) is 14.0 Å². The molecular weight excluding hydrogens is 216 g/mol. The van der Waals surface area contributed by atoms with E-state index in [2.05, 4.69) is 5.09 Å². The first-order chi connectivity index (χ1) is 6.98. The minimum atomic E-state index is -3.50. The second-order valence-corrected chi connectivity index (χ2v) is 5.87. The molecule has 1 saturated heterocycles. The zero-order chi connectivity index (χ0) is 11.5. The van der Waals surface area contributed by atoms with Gasteiger partial charge in [0.2, 0.25) is 0 Å². The second-order valence-electron chi connectivity index (χ2n) is 3.63. The average molecular weight is 232 g/mol. The van der Waals surface area contributed by atoms with E-state index in [1.165, 1.54) is 0 Å². The van der Waals surface area contributed by atoms with Crippen molar-refractivity contribution in [3.8, 4) is 0 Å². The number of ether oxygens (including phenoxy) is 2. The van der Waals surface area contributed by atoms with Gasteiger partial charge in [0.05, 0.1) is 20.2 Å². The van der Waals surface area contributed by atoms with Gasteiger partial charge in [-0.1, -0.05) is 6.92 Å². The summed E-state index contributed by atoms with van der Waals surface area (Å²) in [6, 6.07) is -0.692. The number of hydrogen-bond donors (Lipinski definition) is 1. The largest absolute Gasteiger partial charge is 0.788 e. The van der Waals surface area contributed by atoms with Crippen LogP contribution in [0.1, 0.15) is 13.3 Å². The van der Waals surface area contributed by atoms with E-state index in [1.807, 2.05) is 0 Å². The van der Waals surface area contributed by atoms with Crippen LogP contribution in [0.2, 0.25) is 0 Å². The fraction of sp³-hybridized carbons (Fsp3) is 1.00. The highest BCUT2D eigenvalue weighted by Gasteiger charge is 2.33. The molecule has 0 aromatic rings. The molecule has 0 amide bonds. The summed E-state index contributed by atoms with van der Waals surface area (Å²) < 4.78 is 21.7. The standard InChI is InChI=1S/C8H17BNO4P/c1-3-15(11,12)10-6-4-8(9)14-7(6)5-13-2/h6-8H,3-5H2,1-2H3,(H2,10,11,12)/p-1/t6-,7-,8-/m1/s1. The highest BCUT2D eigenvalue weighted by atomic mass is 31.2. The Morgan fingerprint density at radius 2 is 2.40 bits per heavy atom. The normalized spacial score (nSPS) is 35.3. The van der Waals surface area contributed by atoms with Gasteiger partial charge in [-0.2, -0.15) is 0 Å². The summed E-state index contributed by atoms with van der Waals surface area (Å²) in [7, 11) is 3.64.